The van der Waals surface area contributed by atoms with Gasteiger partial charge in [0.15, 0.2) is 0 Å². The maximum Gasteiger partial charge on any atom is 0.133 e. The van der Waals surface area contributed by atoms with Gasteiger partial charge in [-0.1, -0.05) is 57.9 Å². The van der Waals surface area contributed by atoms with Crippen LogP contribution in [-0.2, 0) is 12.0 Å². The molecule has 2 atom stereocenters. The van der Waals surface area contributed by atoms with Crippen LogP contribution in [0.25, 0.3) is 0 Å². The molecule has 1 saturated carbocycles. The van der Waals surface area contributed by atoms with E-state index in [1.165, 1.54) is 5.56 Å². The van der Waals surface area contributed by atoms with Gasteiger partial charge in [-0.2, -0.15) is 0 Å². The smallest absolute Gasteiger partial charge is 0.133 e. The van der Waals surface area contributed by atoms with Gasteiger partial charge in [0.2, 0.25) is 0 Å². The van der Waals surface area contributed by atoms with Gasteiger partial charge in [-0.3, -0.25) is 0 Å². The van der Waals surface area contributed by atoms with Crippen molar-refractivity contribution in [2.24, 2.45) is 5.41 Å². The molecule has 2 unspecified atom stereocenters. The number of alkyl halides is 1. The van der Waals surface area contributed by atoms with Crippen LogP contribution in [0, 0.1) is 5.41 Å². The van der Waals surface area contributed by atoms with Gasteiger partial charge in [0.25, 0.3) is 0 Å². The summed E-state index contributed by atoms with van der Waals surface area (Å²) in [6.45, 7) is 6.56. The molecule has 0 spiro atoms. The van der Waals surface area contributed by atoms with Gasteiger partial charge in [-0.25, -0.2) is 4.39 Å². The van der Waals surface area contributed by atoms with Gasteiger partial charge < -0.3 is 5.11 Å². The molecule has 1 aliphatic carbocycles. The third kappa shape index (κ3) is 3.36. The van der Waals surface area contributed by atoms with Crippen molar-refractivity contribution in [2.45, 2.75) is 64.6 Å². The lowest BCUT2D eigenvalue weighted by Gasteiger charge is -2.36. The molecule has 1 aromatic carbocycles. The largest absolute Gasteiger partial charge is 0.382 e. The van der Waals surface area contributed by atoms with Crippen molar-refractivity contribution in [3.05, 3.63) is 35.4 Å². The molecule has 0 bridgehead atoms. The predicted octanol–water partition coefficient (Wildman–Crippen LogP) is 4.37. The second-order valence-electron chi connectivity index (χ2n) is 7.08. The summed E-state index contributed by atoms with van der Waals surface area (Å²) >= 11 is 0. The average Bonchev–Trinajstić information content (AvgIpc) is 2.31. The van der Waals surface area contributed by atoms with Crippen LogP contribution >= 0.6 is 0 Å². The molecule has 0 aromatic heterocycles. The van der Waals surface area contributed by atoms with Crippen molar-refractivity contribution < 1.29 is 9.50 Å². The summed E-state index contributed by atoms with van der Waals surface area (Å²) in [5.74, 6) is 0. The molecule has 2 rings (SSSR count). The highest BCUT2D eigenvalue weighted by molar-refractivity contribution is 5.30. The molecule has 1 nitrogen and oxygen atoms in total. The molecule has 0 radical (unpaired) electrons. The Morgan fingerprint density at radius 2 is 2.05 bits per heavy atom. The molecule has 1 aromatic rings. The van der Waals surface area contributed by atoms with Crippen LogP contribution in [0.2, 0.25) is 0 Å². The Bertz CT molecular complexity index is 435. The second kappa shape index (κ2) is 5.24. The van der Waals surface area contributed by atoms with Crippen molar-refractivity contribution in [3.8, 4) is 0 Å². The third-order valence-electron chi connectivity index (χ3n) is 3.95. The van der Waals surface area contributed by atoms with E-state index in [1.807, 2.05) is 18.2 Å². The standard InChI is InChI=1S/C17H25FO/c1-16(2,3)12-13-7-6-8-14(11-13)17(19)10-5-4-9-15(17)18/h6-8,11,15,19H,4-5,9-10,12H2,1-3H3. The number of benzene rings is 1. The second-order valence-corrected chi connectivity index (χ2v) is 7.08. The van der Waals surface area contributed by atoms with Crippen LogP contribution in [-0.4, -0.2) is 11.3 Å². The highest BCUT2D eigenvalue weighted by Crippen LogP contribution is 2.39. The van der Waals surface area contributed by atoms with Crippen molar-refractivity contribution in [1.82, 2.24) is 0 Å². The van der Waals surface area contributed by atoms with E-state index in [4.69, 9.17) is 0 Å². The van der Waals surface area contributed by atoms with E-state index in [-0.39, 0.29) is 5.41 Å². The summed E-state index contributed by atoms with van der Waals surface area (Å²) in [5.41, 5.74) is 0.854. The predicted molar refractivity (Wildman–Crippen MR) is 76.9 cm³/mol. The zero-order valence-corrected chi connectivity index (χ0v) is 12.2. The maximum atomic E-state index is 14.1. The molecule has 0 amide bonds. The molecule has 0 heterocycles. The normalized spacial score (nSPS) is 28.4. The average molecular weight is 264 g/mol. The summed E-state index contributed by atoms with van der Waals surface area (Å²) in [4.78, 5) is 0. The highest BCUT2D eigenvalue weighted by Gasteiger charge is 2.40. The van der Waals surface area contributed by atoms with Crippen molar-refractivity contribution in [3.63, 3.8) is 0 Å². The van der Waals surface area contributed by atoms with Crippen LogP contribution in [0.15, 0.2) is 24.3 Å². The molecule has 1 fully saturated rings. The van der Waals surface area contributed by atoms with E-state index in [1.54, 1.807) is 0 Å². The lowest BCUT2D eigenvalue weighted by atomic mass is 9.77. The first kappa shape index (κ1) is 14.5. The molecular formula is C17H25FO. The lowest BCUT2D eigenvalue weighted by molar-refractivity contribution is -0.0685. The van der Waals surface area contributed by atoms with Crippen molar-refractivity contribution in [2.75, 3.05) is 0 Å². The van der Waals surface area contributed by atoms with Gasteiger partial charge in [-0.05, 0) is 35.8 Å². The molecule has 1 aliphatic rings. The van der Waals surface area contributed by atoms with E-state index < -0.39 is 11.8 Å². The number of hydrogen-bond acceptors (Lipinski definition) is 1. The quantitative estimate of drug-likeness (QED) is 0.840. The Labute approximate surface area is 115 Å². The number of aliphatic hydroxyl groups is 1. The molecule has 106 valence electrons. The van der Waals surface area contributed by atoms with E-state index in [2.05, 4.69) is 26.8 Å². The number of halogens is 1. The molecule has 0 aliphatic heterocycles. The van der Waals surface area contributed by atoms with Crippen molar-refractivity contribution >= 4 is 0 Å². The molecule has 0 saturated heterocycles. The van der Waals surface area contributed by atoms with Gasteiger partial charge in [0.05, 0.1) is 0 Å². The first-order valence-corrected chi connectivity index (χ1v) is 7.27. The van der Waals surface area contributed by atoms with Crippen LogP contribution in [0.5, 0.6) is 0 Å². The SMILES string of the molecule is CC(C)(C)Cc1cccc(C2(O)CCCCC2F)c1. The van der Waals surface area contributed by atoms with Crippen LogP contribution in [0.4, 0.5) is 4.39 Å². The zero-order valence-electron chi connectivity index (χ0n) is 12.2. The summed E-state index contributed by atoms with van der Waals surface area (Å²) in [5, 5.41) is 10.7. The topological polar surface area (TPSA) is 20.2 Å². The Hall–Kier alpha value is -0.890. The zero-order chi connectivity index (χ0) is 14.1. The van der Waals surface area contributed by atoms with Gasteiger partial charge in [0, 0.05) is 0 Å². The van der Waals surface area contributed by atoms with Gasteiger partial charge in [0.1, 0.15) is 11.8 Å². The van der Waals surface area contributed by atoms with Crippen molar-refractivity contribution in [1.29, 1.82) is 0 Å². The van der Waals surface area contributed by atoms with Gasteiger partial charge >= 0.3 is 0 Å². The fraction of sp³-hybridized carbons (Fsp3) is 0.647. The minimum absolute atomic E-state index is 0.197. The first-order valence-electron chi connectivity index (χ1n) is 7.27. The van der Waals surface area contributed by atoms with Crippen LogP contribution in [0.1, 0.15) is 57.6 Å². The summed E-state index contributed by atoms with van der Waals surface area (Å²) in [7, 11) is 0. The van der Waals surface area contributed by atoms with E-state index in [9.17, 15) is 9.50 Å². The minimum Gasteiger partial charge on any atom is -0.382 e. The molecule has 1 N–H and O–H groups in total. The van der Waals surface area contributed by atoms with E-state index in [0.29, 0.717) is 12.8 Å². The monoisotopic (exact) mass is 264 g/mol. The fourth-order valence-electron chi connectivity index (χ4n) is 3.00. The van der Waals surface area contributed by atoms with E-state index in [0.717, 1.165) is 24.8 Å². The Morgan fingerprint density at radius 3 is 2.68 bits per heavy atom. The Morgan fingerprint density at radius 1 is 1.32 bits per heavy atom. The third-order valence-corrected chi connectivity index (χ3v) is 3.95. The van der Waals surface area contributed by atoms with Crippen LogP contribution in [0.3, 0.4) is 0 Å². The molecular weight excluding hydrogens is 239 g/mol. The Kier molecular flexibility index (Phi) is 4.00. The maximum absolute atomic E-state index is 14.1. The number of rotatable bonds is 2. The number of hydrogen-bond donors (Lipinski definition) is 1. The summed E-state index contributed by atoms with van der Waals surface area (Å²) in [6.07, 6.45) is 2.60. The van der Waals surface area contributed by atoms with Gasteiger partial charge in [-0.15, -0.1) is 0 Å². The molecule has 2 heteroatoms. The fourth-order valence-corrected chi connectivity index (χ4v) is 3.00. The van der Waals surface area contributed by atoms with Crippen LogP contribution < -0.4 is 0 Å². The lowest BCUT2D eigenvalue weighted by Crippen LogP contribution is -2.39. The first-order chi connectivity index (χ1) is 8.81. The summed E-state index contributed by atoms with van der Waals surface area (Å²) < 4.78 is 14.1. The van der Waals surface area contributed by atoms with E-state index >= 15 is 0 Å². The molecule has 19 heavy (non-hydrogen) atoms. The summed E-state index contributed by atoms with van der Waals surface area (Å²) in [6, 6.07) is 7.86. The highest BCUT2D eigenvalue weighted by atomic mass is 19.1. The Balaban J connectivity index is 2.27. The minimum atomic E-state index is -1.27.